The summed E-state index contributed by atoms with van der Waals surface area (Å²) >= 11 is 0. The lowest BCUT2D eigenvalue weighted by Gasteiger charge is -2.48. The molecule has 20 nitrogen and oxygen atoms in total. The molecule has 3 aliphatic rings. The van der Waals surface area contributed by atoms with Gasteiger partial charge in [-0.1, -0.05) is 180 Å². The first-order valence-electron chi connectivity index (χ1n) is 28.4. The van der Waals surface area contributed by atoms with Gasteiger partial charge in [0.2, 0.25) is 12.2 Å². The lowest BCUT2D eigenvalue weighted by Crippen LogP contribution is -2.67. The number of nitrogens with one attached hydrogen (secondary N) is 1. The second-order valence-electron chi connectivity index (χ2n) is 20.7. The average Bonchev–Trinajstić information content (AvgIpc) is 3.39. The number of hydrogen-bond donors (Lipinski definition) is 12. The summed E-state index contributed by atoms with van der Waals surface area (Å²) in [4.78, 5) is 27.1. The third-order valence-corrected chi connectivity index (χ3v) is 14.5. The number of aliphatic hydroxyl groups is 11. The molecule has 20 heteroatoms. The number of hydrogen-bond acceptors (Lipinski definition) is 19. The van der Waals surface area contributed by atoms with Crippen LogP contribution in [0.5, 0.6) is 0 Å². The summed E-state index contributed by atoms with van der Waals surface area (Å²) in [5.41, 5.74) is 0. The highest BCUT2D eigenvalue weighted by atomic mass is 16.8. The maximum atomic E-state index is 13.8. The molecule has 0 aliphatic carbocycles. The first-order chi connectivity index (χ1) is 35.7. The van der Waals surface area contributed by atoms with Crippen molar-refractivity contribution < 1.29 is 94.2 Å². The van der Waals surface area contributed by atoms with Crippen LogP contribution in [0.2, 0.25) is 0 Å². The quantitative estimate of drug-likeness (QED) is 0.0238. The van der Waals surface area contributed by atoms with Gasteiger partial charge in [0.25, 0.3) is 0 Å². The van der Waals surface area contributed by atoms with Crippen LogP contribution in [0, 0.1) is 0 Å². The number of amides is 1. The zero-order valence-electron chi connectivity index (χ0n) is 44.6. The van der Waals surface area contributed by atoms with E-state index in [1.807, 2.05) is 0 Å². The Morgan fingerprint density at radius 3 is 1.36 bits per heavy atom. The molecular formula is C54H99NO19. The molecule has 0 aromatic heterocycles. The fourth-order valence-electron chi connectivity index (χ4n) is 9.78. The third kappa shape index (κ3) is 23.2. The van der Waals surface area contributed by atoms with Gasteiger partial charge in [-0.2, -0.15) is 0 Å². The van der Waals surface area contributed by atoms with Gasteiger partial charge >= 0.3 is 5.97 Å². The van der Waals surface area contributed by atoms with Crippen molar-refractivity contribution in [2.24, 2.45) is 0 Å². The SMILES string of the molecule is CCCCCCCCCCCCC/C=C/[C@@H](O)[C@H](NC(=O)CCCCCCCCCCCCCCCCC)C(=O)O[C@@H]1O[C@H](CO)[C@@H](O[C@@H]2O[C@H](CO)[C@H](O)[C@H](O[C@H]3O[C@H](CO)[C@H](O)[C@H](O)[C@H]3O)[C@H]2O)[C@H](O)[C@H]1O. The van der Waals surface area contributed by atoms with E-state index in [9.17, 15) is 65.8 Å². The number of esters is 1. The number of carbonyl (C=O) groups is 2. The summed E-state index contributed by atoms with van der Waals surface area (Å²) in [6.45, 7) is 1.83. The van der Waals surface area contributed by atoms with Crippen molar-refractivity contribution in [3.05, 3.63) is 12.2 Å². The number of allylic oxidation sites excluding steroid dienone is 1. The molecule has 3 rings (SSSR count). The van der Waals surface area contributed by atoms with E-state index < -0.39 is 136 Å². The van der Waals surface area contributed by atoms with Gasteiger partial charge in [-0.05, 0) is 19.3 Å². The van der Waals surface area contributed by atoms with E-state index in [4.69, 9.17) is 28.4 Å². The van der Waals surface area contributed by atoms with E-state index in [0.29, 0.717) is 12.8 Å². The van der Waals surface area contributed by atoms with Crippen molar-refractivity contribution in [1.82, 2.24) is 5.32 Å². The zero-order chi connectivity index (χ0) is 54.3. The van der Waals surface area contributed by atoms with Gasteiger partial charge < -0.3 is 89.9 Å². The van der Waals surface area contributed by atoms with Gasteiger partial charge in [-0.15, -0.1) is 0 Å². The summed E-state index contributed by atoms with van der Waals surface area (Å²) in [5.74, 6) is -1.70. The van der Waals surface area contributed by atoms with Gasteiger partial charge in [0, 0.05) is 6.42 Å². The van der Waals surface area contributed by atoms with Crippen LogP contribution in [-0.2, 0) is 38.0 Å². The Morgan fingerprint density at radius 1 is 0.473 bits per heavy atom. The third-order valence-electron chi connectivity index (χ3n) is 14.5. The molecule has 17 atom stereocenters. The molecule has 3 heterocycles. The second kappa shape index (κ2) is 38.6. The summed E-state index contributed by atoms with van der Waals surface area (Å²) in [6.07, 6.45) is 5.25. The zero-order valence-corrected chi connectivity index (χ0v) is 44.6. The van der Waals surface area contributed by atoms with Crippen molar-refractivity contribution in [1.29, 1.82) is 0 Å². The second-order valence-corrected chi connectivity index (χ2v) is 20.7. The Bertz CT molecular complexity index is 1480. The first-order valence-corrected chi connectivity index (χ1v) is 28.4. The van der Waals surface area contributed by atoms with E-state index in [0.717, 1.165) is 51.4 Å². The monoisotopic (exact) mass is 1070 g/mol. The van der Waals surface area contributed by atoms with Crippen LogP contribution in [0.25, 0.3) is 0 Å². The molecule has 434 valence electrons. The molecule has 0 unspecified atom stereocenters. The van der Waals surface area contributed by atoms with Crippen LogP contribution in [0.15, 0.2) is 12.2 Å². The predicted molar refractivity (Wildman–Crippen MR) is 273 cm³/mol. The highest BCUT2D eigenvalue weighted by Gasteiger charge is 2.54. The van der Waals surface area contributed by atoms with Crippen molar-refractivity contribution in [2.45, 2.75) is 298 Å². The molecule has 0 radical (unpaired) electrons. The fourth-order valence-corrected chi connectivity index (χ4v) is 9.78. The van der Waals surface area contributed by atoms with E-state index in [2.05, 4.69) is 19.2 Å². The molecule has 0 spiro atoms. The Morgan fingerprint density at radius 2 is 0.878 bits per heavy atom. The molecule has 0 bridgehead atoms. The lowest BCUT2D eigenvalue weighted by atomic mass is 9.96. The Kier molecular flexibility index (Phi) is 34.6. The number of aliphatic hydroxyl groups excluding tert-OH is 11. The smallest absolute Gasteiger partial charge is 0.334 e. The predicted octanol–water partition coefficient (Wildman–Crippen LogP) is 3.34. The number of ether oxygens (including phenoxy) is 6. The Balaban J connectivity index is 1.59. The van der Waals surface area contributed by atoms with Crippen LogP contribution >= 0.6 is 0 Å². The average molecular weight is 1070 g/mol. The summed E-state index contributed by atoms with van der Waals surface area (Å²) < 4.78 is 33.5. The summed E-state index contributed by atoms with van der Waals surface area (Å²) in [6, 6.07) is -1.64. The first kappa shape index (κ1) is 66.3. The van der Waals surface area contributed by atoms with Crippen molar-refractivity contribution in [3.63, 3.8) is 0 Å². The standard InChI is InChI=1S/C54H99NO19/c1-3-5-7-9-11-13-15-17-18-20-22-24-26-28-30-32-40(60)55-41(36(59)31-29-27-25-23-21-19-16-14-12-10-8-6-4-2)51(68)74-53-47(66)45(64)49(39(35-58)71-53)72-54-48(67)50(43(62)38(34-57)70-54)73-52-46(65)44(63)42(61)37(33-56)69-52/h29,31,36-39,41-50,52-54,56-59,61-67H,3-28,30,32-35H2,1-2H3,(H,55,60)/b31-29+/t36-,37-,38-,39-,41+,42+,43+,44+,45-,46-,47-,48-,49-,50+,52-,53+,54+/m1/s1. The minimum atomic E-state index is -2.08. The lowest BCUT2D eigenvalue weighted by molar-refractivity contribution is -0.379. The molecule has 3 aliphatic heterocycles. The van der Waals surface area contributed by atoms with Crippen LogP contribution in [0.1, 0.15) is 194 Å². The molecular weight excluding hydrogens is 967 g/mol. The van der Waals surface area contributed by atoms with Gasteiger partial charge in [0.05, 0.1) is 19.8 Å². The maximum absolute atomic E-state index is 13.8. The minimum absolute atomic E-state index is 0.0851. The van der Waals surface area contributed by atoms with Crippen molar-refractivity contribution in [2.75, 3.05) is 19.8 Å². The van der Waals surface area contributed by atoms with Crippen LogP contribution in [0.3, 0.4) is 0 Å². The van der Waals surface area contributed by atoms with Crippen LogP contribution in [-0.4, -0.2) is 192 Å². The number of carbonyl (C=O) groups excluding carboxylic acids is 2. The summed E-state index contributed by atoms with van der Waals surface area (Å²) in [5, 5.41) is 120. The van der Waals surface area contributed by atoms with Crippen LogP contribution in [0.4, 0.5) is 0 Å². The Hall–Kier alpha value is -1.96. The highest BCUT2D eigenvalue weighted by molar-refractivity contribution is 5.85. The molecule has 0 aromatic rings. The topological polar surface area (TPSA) is 324 Å². The van der Waals surface area contributed by atoms with E-state index in [1.54, 1.807) is 6.08 Å². The van der Waals surface area contributed by atoms with E-state index >= 15 is 0 Å². The normalized spacial score (nSPS) is 31.4. The van der Waals surface area contributed by atoms with E-state index in [-0.39, 0.29) is 6.42 Å². The Labute approximate surface area is 440 Å². The van der Waals surface area contributed by atoms with Gasteiger partial charge in [0.1, 0.15) is 79.4 Å². The fraction of sp³-hybridized carbons (Fsp3) is 0.926. The molecule has 12 N–H and O–H groups in total. The number of unbranched alkanes of at least 4 members (excludes halogenated alkanes) is 25. The van der Waals surface area contributed by atoms with Crippen molar-refractivity contribution in [3.8, 4) is 0 Å². The van der Waals surface area contributed by atoms with Crippen molar-refractivity contribution >= 4 is 11.9 Å². The molecule has 0 saturated carbocycles. The molecule has 3 fully saturated rings. The van der Waals surface area contributed by atoms with Crippen LogP contribution < -0.4 is 5.32 Å². The highest BCUT2D eigenvalue weighted by Crippen LogP contribution is 2.33. The summed E-state index contributed by atoms with van der Waals surface area (Å²) in [7, 11) is 0. The maximum Gasteiger partial charge on any atom is 0.334 e. The van der Waals surface area contributed by atoms with Gasteiger partial charge in [0.15, 0.2) is 18.6 Å². The molecule has 3 saturated heterocycles. The van der Waals surface area contributed by atoms with Gasteiger partial charge in [-0.25, -0.2) is 4.79 Å². The minimum Gasteiger partial charge on any atom is -0.431 e. The molecule has 1 amide bonds. The molecule has 74 heavy (non-hydrogen) atoms. The van der Waals surface area contributed by atoms with Gasteiger partial charge in [-0.3, -0.25) is 4.79 Å². The van der Waals surface area contributed by atoms with E-state index in [1.165, 1.54) is 115 Å². The number of rotatable bonds is 40. The molecule has 0 aromatic carbocycles. The largest absolute Gasteiger partial charge is 0.431 e.